The van der Waals surface area contributed by atoms with Crippen molar-refractivity contribution in [2.24, 2.45) is 0 Å². The summed E-state index contributed by atoms with van der Waals surface area (Å²) in [7, 11) is 0. The average molecular weight is 509 g/mol. The fourth-order valence-electron chi connectivity index (χ4n) is 3.31. The molecule has 0 spiro atoms. The predicted molar refractivity (Wildman–Crippen MR) is 134 cm³/mol. The van der Waals surface area contributed by atoms with Crippen molar-refractivity contribution in [1.29, 1.82) is 0 Å². The van der Waals surface area contributed by atoms with Gasteiger partial charge in [-0.2, -0.15) is 0 Å². The van der Waals surface area contributed by atoms with E-state index in [-0.39, 0.29) is 6.29 Å². The first kappa shape index (κ1) is 32.7. The predicted octanol–water partition coefficient (Wildman–Crippen LogP) is 3.62. The van der Waals surface area contributed by atoms with Crippen LogP contribution in [0.1, 0.15) is 58.3 Å². The zero-order valence-corrected chi connectivity index (χ0v) is 22.2. The van der Waals surface area contributed by atoms with Gasteiger partial charge in [-0.3, -0.25) is 0 Å². The molecule has 0 saturated carbocycles. The van der Waals surface area contributed by atoms with E-state index < -0.39 is 0 Å². The van der Waals surface area contributed by atoms with E-state index in [0.29, 0.717) is 92.5 Å². The summed E-state index contributed by atoms with van der Waals surface area (Å²) in [4.78, 5) is 0. The molecule has 1 fully saturated rings. The van der Waals surface area contributed by atoms with Gasteiger partial charge in [-0.25, -0.2) is 0 Å². The first-order valence-corrected chi connectivity index (χ1v) is 13.7. The molecular formula is C26H52O9. The van der Waals surface area contributed by atoms with Gasteiger partial charge in [0.15, 0.2) is 6.29 Å². The molecular weight excluding hydrogens is 456 g/mol. The van der Waals surface area contributed by atoms with Crippen LogP contribution in [0.25, 0.3) is 0 Å². The number of rotatable bonds is 28. The molecule has 0 aromatic carbocycles. The molecule has 210 valence electrons. The van der Waals surface area contributed by atoms with Gasteiger partial charge in [0.05, 0.1) is 92.5 Å². The molecule has 1 aliphatic rings. The quantitative estimate of drug-likeness (QED) is 0.147. The van der Waals surface area contributed by atoms with Gasteiger partial charge in [-0.15, -0.1) is 0 Å². The Morgan fingerprint density at radius 1 is 0.486 bits per heavy atom. The van der Waals surface area contributed by atoms with Gasteiger partial charge in [0, 0.05) is 13.2 Å². The molecule has 1 heterocycles. The fourth-order valence-corrected chi connectivity index (χ4v) is 3.31. The third kappa shape index (κ3) is 25.1. The lowest BCUT2D eigenvalue weighted by molar-refractivity contribution is -0.169. The summed E-state index contributed by atoms with van der Waals surface area (Å²) in [6, 6.07) is 0. The molecule has 1 saturated heterocycles. The Morgan fingerprint density at radius 2 is 0.914 bits per heavy atom. The van der Waals surface area contributed by atoms with Crippen molar-refractivity contribution in [3.05, 3.63) is 0 Å². The Bertz CT molecular complexity index is 395. The van der Waals surface area contributed by atoms with Gasteiger partial charge in [0.2, 0.25) is 0 Å². The third-order valence-corrected chi connectivity index (χ3v) is 5.29. The maximum absolute atomic E-state index is 5.60. The van der Waals surface area contributed by atoms with Crippen molar-refractivity contribution in [3.8, 4) is 0 Å². The summed E-state index contributed by atoms with van der Waals surface area (Å²) in [6.07, 6.45) is 9.54. The summed E-state index contributed by atoms with van der Waals surface area (Å²) < 4.78 is 49.5. The van der Waals surface area contributed by atoms with Crippen LogP contribution in [0.15, 0.2) is 0 Å². The number of hydrogen-bond acceptors (Lipinski definition) is 9. The Labute approximate surface area is 213 Å². The molecule has 9 nitrogen and oxygen atoms in total. The minimum atomic E-state index is -0.0537. The molecule has 0 N–H and O–H groups in total. The highest BCUT2D eigenvalue weighted by Gasteiger charge is 2.13. The Morgan fingerprint density at radius 3 is 1.34 bits per heavy atom. The van der Waals surface area contributed by atoms with Gasteiger partial charge in [0.1, 0.15) is 0 Å². The van der Waals surface area contributed by atoms with Gasteiger partial charge in [-0.1, -0.05) is 32.6 Å². The van der Waals surface area contributed by atoms with E-state index in [1.54, 1.807) is 0 Å². The van der Waals surface area contributed by atoms with Gasteiger partial charge < -0.3 is 42.6 Å². The monoisotopic (exact) mass is 508 g/mol. The zero-order valence-electron chi connectivity index (χ0n) is 22.2. The molecule has 35 heavy (non-hydrogen) atoms. The summed E-state index contributed by atoms with van der Waals surface area (Å²) in [5.74, 6) is 0. The molecule has 1 aliphatic heterocycles. The van der Waals surface area contributed by atoms with Crippen molar-refractivity contribution in [2.45, 2.75) is 64.6 Å². The van der Waals surface area contributed by atoms with Crippen molar-refractivity contribution < 1.29 is 42.6 Å². The lowest BCUT2D eigenvalue weighted by atomic mass is 10.2. The van der Waals surface area contributed by atoms with E-state index in [4.69, 9.17) is 42.6 Å². The van der Waals surface area contributed by atoms with Crippen LogP contribution >= 0.6 is 0 Å². The van der Waals surface area contributed by atoms with E-state index in [9.17, 15) is 0 Å². The molecule has 0 aromatic heterocycles. The summed E-state index contributed by atoms with van der Waals surface area (Å²) in [6.45, 7) is 11.8. The SMILES string of the molecule is CCCCCCCOCCOCCOCCOCCOCCOCCOCCOC1CCCCO1. The topological polar surface area (TPSA) is 83.1 Å². The summed E-state index contributed by atoms with van der Waals surface area (Å²) in [5, 5.41) is 0. The lowest BCUT2D eigenvalue weighted by Gasteiger charge is -2.22. The Hall–Kier alpha value is -0.360. The van der Waals surface area contributed by atoms with Crippen molar-refractivity contribution in [3.63, 3.8) is 0 Å². The van der Waals surface area contributed by atoms with Gasteiger partial charge in [-0.05, 0) is 25.7 Å². The Balaban J connectivity index is 1.61. The normalized spacial score (nSPS) is 16.2. The number of hydrogen-bond donors (Lipinski definition) is 0. The second-order valence-electron chi connectivity index (χ2n) is 8.37. The van der Waals surface area contributed by atoms with Crippen molar-refractivity contribution in [1.82, 2.24) is 0 Å². The molecule has 0 bridgehead atoms. The number of ether oxygens (including phenoxy) is 9. The van der Waals surface area contributed by atoms with Crippen LogP contribution in [0.4, 0.5) is 0 Å². The summed E-state index contributed by atoms with van der Waals surface area (Å²) >= 11 is 0. The van der Waals surface area contributed by atoms with E-state index in [2.05, 4.69) is 6.92 Å². The first-order chi connectivity index (χ1) is 17.4. The minimum absolute atomic E-state index is 0.0537. The van der Waals surface area contributed by atoms with Gasteiger partial charge >= 0.3 is 0 Å². The molecule has 1 atom stereocenters. The van der Waals surface area contributed by atoms with Crippen molar-refractivity contribution >= 4 is 0 Å². The van der Waals surface area contributed by atoms with Crippen LogP contribution < -0.4 is 0 Å². The number of unbranched alkanes of at least 4 members (excludes halogenated alkanes) is 4. The Kier molecular flexibility index (Phi) is 26.3. The van der Waals surface area contributed by atoms with Crippen LogP contribution in [0.5, 0.6) is 0 Å². The van der Waals surface area contributed by atoms with Gasteiger partial charge in [0.25, 0.3) is 0 Å². The molecule has 1 rings (SSSR count). The highest BCUT2D eigenvalue weighted by atomic mass is 16.7. The standard InChI is InChI=1S/C26H52O9/c1-2-3-4-5-7-10-27-12-13-28-14-15-29-16-17-30-18-19-31-20-21-32-22-23-33-24-25-35-26-9-6-8-11-34-26/h26H,2-25H2,1H3. The molecule has 0 radical (unpaired) electrons. The van der Waals surface area contributed by atoms with Crippen LogP contribution in [-0.2, 0) is 42.6 Å². The minimum Gasteiger partial charge on any atom is -0.379 e. The van der Waals surface area contributed by atoms with E-state index in [0.717, 1.165) is 32.5 Å². The molecule has 0 amide bonds. The van der Waals surface area contributed by atoms with Crippen LogP contribution in [0.3, 0.4) is 0 Å². The smallest absolute Gasteiger partial charge is 0.157 e. The molecule has 0 aromatic rings. The highest BCUT2D eigenvalue weighted by molar-refractivity contribution is 4.53. The van der Waals surface area contributed by atoms with Crippen LogP contribution in [-0.4, -0.2) is 112 Å². The lowest BCUT2D eigenvalue weighted by Crippen LogP contribution is -2.24. The molecule has 9 heteroatoms. The largest absolute Gasteiger partial charge is 0.379 e. The van der Waals surface area contributed by atoms with Crippen LogP contribution in [0, 0.1) is 0 Å². The second kappa shape index (κ2) is 28.2. The second-order valence-corrected chi connectivity index (χ2v) is 8.37. The van der Waals surface area contributed by atoms with Crippen molar-refractivity contribution in [2.75, 3.05) is 106 Å². The maximum Gasteiger partial charge on any atom is 0.157 e. The first-order valence-electron chi connectivity index (χ1n) is 13.7. The van der Waals surface area contributed by atoms with E-state index in [1.807, 2.05) is 0 Å². The third-order valence-electron chi connectivity index (χ3n) is 5.29. The fraction of sp³-hybridized carbons (Fsp3) is 1.00. The van der Waals surface area contributed by atoms with E-state index >= 15 is 0 Å². The average Bonchev–Trinajstić information content (AvgIpc) is 2.89. The van der Waals surface area contributed by atoms with E-state index in [1.165, 1.54) is 32.1 Å². The molecule has 1 unspecified atom stereocenters. The summed E-state index contributed by atoms with van der Waals surface area (Å²) in [5.41, 5.74) is 0. The zero-order chi connectivity index (χ0) is 24.9. The maximum atomic E-state index is 5.60. The van der Waals surface area contributed by atoms with Crippen LogP contribution in [0.2, 0.25) is 0 Å². The highest BCUT2D eigenvalue weighted by Crippen LogP contribution is 2.13. The molecule has 0 aliphatic carbocycles.